The smallest absolute Gasteiger partial charge is 0.315 e. The van der Waals surface area contributed by atoms with Crippen LogP contribution in [-0.4, -0.2) is 28.2 Å². The molecule has 0 spiro atoms. The Kier molecular flexibility index (Phi) is 5.56. The molecule has 1 heterocycles. The molecule has 2 amide bonds. The molecular formula is C15H25N3O2S. The van der Waals surface area contributed by atoms with Crippen LogP contribution in [0.15, 0.2) is 4.52 Å². The molecule has 1 saturated carbocycles. The quantitative estimate of drug-likeness (QED) is 0.875. The van der Waals surface area contributed by atoms with Gasteiger partial charge in [-0.15, -0.1) is 0 Å². The molecule has 0 unspecified atom stereocenters. The van der Waals surface area contributed by atoms with Crippen molar-refractivity contribution in [1.29, 1.82) is 0 Å². The van der Waals surface area contributed by atoms with E-state index in [4.69, 9.17) is 4.52 Å². The van der Waals surface area contributed by atoms with Crippen molar-refractivity contribution < 1.29 is 9.32 Å². The highest BCUT2D eigenvalue weighted by Gasteiger charge is 2.26. The molecule has 1 aromatic rings. The van der Waals surface area contributed by atoms with Gasteiger partial charge in [0.05, 0.1) is 11.7 Å². The number of urea groups is 1. The van der Waals surface area contributed by atoms with Gasteiger partial charge in [-0.1, -0.05) is 12.1 Å². The maximum absolute atomic E-state index is 12.1. The van der Waals surface area contributed by atoms with Gasteiger partial charge in [-0.05, 0) is 45.8 Å². The molecule has 0 aromatic carbocycles. The minimum Gasteiger partial charge on any atom is -0.361 e. The molecule has 0 bridgehead atoms. The van der Waals surface area contributed by atoms with Crippen molar-refractivity contribution in [1.82, 2.24) is 15.8 Å². The van der Waals surface area contributed by atoms with Crippen molar-refractivity contribution in [2.45, 2.75) is 64.3 Å². The number of rotatable bonds is 5. The number of nitrogens with one attached hydrogen (secondary N) is 2. The van der Waals surface area contributed by atoms with E-state index in [9.17, 15) is 4.79 Å². The van der Waals surface area contributed by atoms with Crippen LogP contribution in [0.3, 0.4) is 0 Å². The summed E-state index contributed by atoms with van der Waals surface area (Å²) in [7, 11) is 0. The highest BCUT2D eigenvalue weighted by Crippen LogP contribution is 2.29. The van der Waals surface area contributed by atoms with Gasteiger partial charge in [0.15, 0.2) is 0 Å². The minimum absolute atomic E-state index is 0.0986. The van der Waals surface area contributed by atoms with Gasteiger partial charge in [0.25, 0.3) is 0 Å². The zero-order chi connectivity index (χ0) is 15.4. The summed E-state index contributed by atoms with van der Waals surface area (Å²) in [5.41, 5.74) is 1.80. The van der Waals surface area contributed by atoms with Gasteiger partial charge in [0, 0.05) is 16.9 Å². The molecule has 1 aromatic heterocycles. The summed E-state index contributed by atoms with van der Waals surface area (Å²) in [6, 6.07) is 0.0963. The predicted molar refractivity (Wildman–Crippen MR) is 85.6 cm³/mol. The summed E-state index contributed by atoms with van der Waals surface area (Å²) in [5.74, 6) is 1.91. The van der Waals surface area contributed by atoms with E-state index in [2.05, 4.69) is 22.7 Å². The molecule has 1 fully saturated rings. The molecular weight excluding hydrogens is 286 g/mol. The van der Waals surface area contributed by atoms with E-state index in [0.717, 1.165) is 35.6 Å². The zero-order valence-corrected chi connectivity index (χ0v) is 14.0. The maximum Gasteiger partial charge on any atom is 0.315 e. The maximum atomic E-state index is 12.1. The SMILES string of the molecule is CCS[C@@H]1CC[C@@H](NC(=O)N[C@H](C)c2c(C)noc2C)C1. The minimum atomic E-state index is -0.102. The van der Waals surface area contributed by atoms with Gasteiger partial charge in [0.1, 0.15) is 5.76 Å². The molecule has 1 aliphatic carbocycles. The molecule has 5 nitrogen and oxygen atoms in total. The second kappa shape index (κ2) is 7.20. The molecule has 2 N–H and O–H groups in total. The lowest BCUT2D eigenvalue weighted by molar-refractivity contribution is 0.234. The van der Waals surface area contributed by atoms with E-state index < -0.39 is 0 Å². The van der Waals surface area contributed by atoms with E-state index in [1.54, 1.807) is 0 Å². The van der Waals surface area contributed by atoms with E-state index in [1.807, 2.05) is 32.5 Å². The van der Waals surface area contributed by atoms with Gasteiger partial charge in [0.2, 0.25) is 0 Å². The number of nitrogens with zero attached hydrogens (tertiary/aromatic N) is 1. The third-order valence-corrected chi connectivity index (χ3v) is 5.22. The van der Waals surface area contributed by atoms with Crippen molar-refractivity contribution in [3.8, 4) is 0 Å². The Morgan fingerprint density at radius 3 is 2.86 bits per heavy atom. The topological polar surface area (TPSA) is 67.2 Å². The van der Waals surface area contributed by atoms with Gasteiger partial charge in [-0.25, -0.2) is 4.79 Å². The average Bonchev–Trinajstić information content (AvgIpc) is 2.97. The summed E-state index contributed by atoms with van der Waals surface area (Å²) < 4.78 is 5.15. The van der Waals surface area contributed by atoms with Crippen LogP contribution in [0, 0.1) is 13.8 Å². The summed E-state index contributed by atoms with van der Waals surface area (Å²) in [6.45, 7) is 7.90. The van der Waals surface area contributed by atoms with Crippen LogP contribution in [0.1, 0.15) is 56.2 Å². The molecule has 0 radical (unpaired) electrons. The first-order chi connectivity index (χ1) is 10.0. The second-order valence-corrected chi connectivity index (χ2v) is 7.24. The monoisotopic (exact) mass is 311 g/mol. The molecule has 3 atom stereocenters. The van der Waals surface area contributed by atoms with Crippen molar-refractivity contribution in [3.05, 3.63) is 17.0 Å². The number of aryl methyl sites for hydroxylation is 2. The number of hydrogen-bond acceptors (Lipinski definition) is 4. The first-order valence-corrected chi connectivity index (χ1v) is 8.67. The zero-order valence-electron chi connectivity index (χ0n) is 13.2. The molecule has 21 heavy (non-hydrogen) atoms. The first-order valence-electron chi connectivity index (χ1n) is 7.62. The van der Waals surface area contributed by atoms with E-state index in [-0.39, 0.29) is 12.1 Å². The fourth-order valence-corrected chi connectivity index (χ4v) is 4.20. The van der Waals surface area contributed by atoms with Crippen molar-refractivity contribution in [3.63, 3.8) is 0 Å². The van der Waals surface area contributed by atoms with E-state index >= 15 is 0 Å². The molecule has 118 valence electrons. The van der Waals surface area contributed by atoms with Crippen LogP contribution in [0.5, 0.6) is 0 Å². The summed E-state index contributed by atoms with van der Waals surface area (Å²) in [6.07, 6.45) is 3.35. The summed E-state index contributed by atoms with van der Waals surface area (Å²) in [4.78, 5) is 12.1. The first kappa shape index (κ1) is 16.2. The Balaban J connectivity index is 1.82. The summed E-state index contributed by atoms with van der Waals surface area (Å²) >= 11 is 1.99. The Hall–Kier alpha value is -1.17. The van der Waals surface area contributed by atoms with Crippen LogP contribution in [0.2, 0.25) is 0 Å². The summed E-state index contributed by atoms with van der Waals surface area (Å²) in [5, 5.41) is 10.7. The number of aromatic nitrogens is 1. The standard InChI is InChI=1S/C15H25N3O2S/c1-5-21-13-7-6-12(8-13)17-15(19)16-9(2)14-10(3)18-20-11(14)4/h9,12-13H,5-8H2,1-4H3,(H2,16,17,19)/t9-,12-,13-/m1/s1. The van der Waals surface area contributed by atoms with Crippen molar-refractivity contribution >= 4 is 17.8 Å². The van der Waals surface area contributed by atoms with E-state index in [1.165, 1.54) is 6.42 Å². The van der Waals surface area contributed by atoms with Crippen LogP contribution >= 0.6 is 11.8 Å². The lowest BCUT2D eigenvalue weighted by Gasteiger charge is -2.18. The molecule has 6 heteroatoms. The Bertz CT molecular complexity index is 470. The van der Waals surface area contributed by atoms with Gasteiger partial charge in [-0.3, -0.25) is 0 Å². The highest BCUT2D eigenvalue weighted by molar-refractivity contribution is 7.99. The molecule has 2 rings (SSSR count). The fraction of sp³-hybridized carbons (Fsp3) is 0.733. The van der Waals surface area contributed by atoms with Crippen LogP contribution < -0.4 is 10.6 Å². The normalized spacial score (nSPS) is 23.0. The highest BCUT2D eigenvalue weighted by atomic mass is 32.2. The van der Waals surface area contributed by atoms with Crippen LogP contribution in [0.4, 0.5) is 4.79 Å². The van der Waals surface area contributed by atoms with E-state index in [0.29, 0.717) is 11.3 Å². The third-order valence-electron chi connectivity index (χ3n) is 3.99. The Labute approximate surface area is 130 Å². The van der Waals surface area contributed by atoms with Crippen LogP contribution in [-0.2, 0) is 0 Å². The van der Waals surface area contributed by atoms with Crippen molar-refractivity contribution in [2.75, 3.05) is 5.75 Å². The van der Waals surface area contributed by atoms with Gasteiger partial charge < -0.3 is 15.2 Å². The predicted octanol–water partition coefficient (Wildman–Crippen LogP) is 3.33. The lowest BCUT2D eigenvalue weighted by atomic mass is 10.1. The Morgan fingerprint density at radius 1 is 1.48 bits per heavy atom. The number of carbonyl (C=O) groups excluding carboxylic acids is 1. The second-order valence-electron chi connectivity index (χ2n) is 5.66. The molecule has 0 saturated heterocycles. The van der Waals surface area contributed by atoms with Crippen molar-refractivity contribution in [2.24, 2.45) is 0 Å². The number of amides is 2. The van der Waals surface area contributed by atoms with Gasteiger partial charge >= 0.3 is 6.03 Å². The number of hydrogen-bond donors (Lipinski definition) is 2. The number of carbonyl (C=O) groups is 1. The molecule has 1 aliphatic rings. The largest absolute Gasteiger partial charge is 0.361 e. The average molecular weight is 311 g/mol. The fourth-order valence-electron chi connectivity index (χ4n) is 3.06. The lowest BCUT2D eigenvalue weighted by Crippen LogP contribution is -2.42. The molecule has 0 aliphatic heterocycles. The van der Waals surface area contributed by atoms with Gasteiger partial charge in [-0.2, -0.15) is 11.8 Å². The third kappa shape index (κ3) is 4.15. The number of thioether (sulfide) groups is 1. The Morgan fingerprint density at radius 2 is 2.24 bits per heavy atom. The van der Waals surface area contributed by atoms with Crippen LogP contribution in [0.25, 0.3) is 0 Å².